The van der Waals surface area contributed by atoms with Crippen molar-refractivity contribution in [1.29, 1.82) is 0 Å². The van der Waals surface area contributed by atoms with Gasteiger partial charge in [-0.3, -0.25) is 0 Å². The normalized spacial score (nSPS) is 9.75. The second-order valence-electron chi connectivity index (χ2n) is 1.47. The Morgan fingerprint density at radius 3 is 1.06 bits per heavy atom. The van der Waals surface area contributed by atoms with Gasteiger partial charge in [0.1, 0.15) is 0 Å². The van der Waals surface area contributed by atoms with Crippen LogP contribution in [0.3, 0.4) is 0 Å². The number of carboxylic acids is 2. The van der Waals surface area contributed by atoms with Crippen LogP contribution in [0.5, 0.6) is 0 Å². The SMILES string of the molecule is O=C([O-])C(=O)[O-].O=S(=O)([O-])C(F)(F)F.[Cu+2].[Cu+2]. The van der Waals surface area contributed by atoms with Gasteiger partial charge in [-0.2, -0.15) is 13.2 Å². The minimum Gasteiger partial charge on any atom is -0.741 e. The Bertz CT molecular complexity index is 310. The molecule has 0 saturated heterocycles. The van der Waals surface area contributed by atoms with Gasteiger partial charge >= 0.3 is 39.6 Å². The number of hydrogen-bond donors (Lipinski definition) is 0. The van der Waals surface area contributed by atoms with Crippen LogP contribution in [0.15, 0.2) is 0 Å². The molecule has 0 aromatic carbocycles. The first-order valence-electron chi connectivity index (χ1n) is 2.34. The molecule has 0 atom stereocenters. The van der Waals surface area contributed by atoms with Gasteiger partial charge in [0.25, 0.3) is 0 Å². The number of aliphatic carboxylic acids is 2. The van der Waals surface area contributed by atoms with E-state index in [9.17, 15) is 13.2 Å². The van der Waals surface area contributed by atoms with Crippen molar-refractivity contribution in [3.8, 4) is 0 Å². The Labute approximate surface area is 108 Å². The van der Waals surface area contributed by atoms with Crippen molar-refractivity contribution in [3.63, 3.8) is 0 Å². The molecule has 0 fully saturated rings. The summed E-state index contributed by atoms with van der Waals surface area (Å²) in [4.78, 5) is 17.9. The van der Waals surface area contributed by atoms with Gasteiger partial charge in [-0.15, -0.1) is 0 Å². The van der Waals surface area contributed by atoms with Crippen LogP contribution in [0.1, 0.15) is 0 Å². The zero-order chi connectivity index (χ0) is 12.2. The zero-order valence-electron chi connectivity index (χ0n) is 6.50. The number of carboxylic acid groups (broad SMARTS) is 2. The molecular weight excluding hydrogens is 364 g/mol. The quantitative estimate of drug-likeness (QED) is 0.188. The van der Waals surface area contributed by atoms with Crippen LogP contribution >= 0.6 is 0 Å². The van der Waals surface area contributed by atoms with Crippen molar-refractivity contribution < 1.29 is 80.1 Å². The van der Waals surface area contributed by atoms with Crippen LogP contribution in [-0.4, -0.2) is 30.4 Å². The van der Waals surface area contributed by atoms with E-state index in [4.69, 9.17) is 32.8 Å². The van der Waals surface area contributed by atoms with Crippen molar-refractivity contribution in [1.82, 2.24) is 0 Å². The standard InChI is InChI=1S/C2H2O4.CHF3O3S.2Cu/c3-1(4)2(5)6;2-1(3,4)8(5,6)7;;/h(H,3,4)(H,5,6);(H,5,6,7);;/q;;2*+2/p-3. The van der Waals surface area contributed by atoms with E-state index in [2.05, 4.69) is 0 Å². The molecule has 0 amide bonds. The van der Waals surface area contributed by atoms with Crippen molar-refractivity contribution in [2.75, 3.05) is 0 Å². The van der Waals surface area contributed by atoms with E-state index in [1.807, 2.05) is 0 Å². The molecule has 0 aliphatic rings. The molecule has 0 aromatic rings. The fourth-order valence-electron chi connectivity index (χ4n) is 0. The molecule has 0 saturated carbocycles. The maximum Gasteiger partial charge on any atom is 2.00 e. The molecular formula is C3Cu2F3O7S+. The molecule has 0 aliphatic carbocycles. The Morgan fingerprint density at radius 2 is 1.06 bits per heavy atom. The second-order valence-corrected chi connectivity index (χ2v) is 2.85. The Hall–Kier alpha value is -0.321. The van der Waals surface area contributed by atoms with Gasteiger partial charge in [0.15, 0.2) is 10.1 Å². The summed E-state index contributed by atoms with van der Waals surface area (Å²) in [6.07, 6.45) is 0. The van der Waals surface area contributed by atoms with Crippen molar-refractivity contribution in [2.45, 2.75) is 5.51 Å². The third-order valence-corrected chi connectivity index (χ3v) is 1.02. The minimum atomic E-state index is -6.09. The Balaban J connectivity index is -0.0000000825. The third-order valence-electron chi connectivity index (χ3n) is 0.450. The summed E-state index contributed by atoms with van der Waals surface area (Å²) in [7, 11) is -6.09. The Kier molecular flexibility index (Phi) is 13.6. The average molecular weight is 364 g/mol. The zero-order valence-corrected chi connectivity index (χ0v) is 9.20. The summed E-state index contributed by atoms with van der Waals surface area (Å²) in [6.45, 7) is 0. The molecule has 2 radical (unpaired) electrons. The molecule has 13 heteroatoms. The molecule has 0 rings (SSSR count). The molecule has 0 aromatic heterocycles. The van der Waals surface area contributed by atoms with Gasteiger partial charge in [0.2, 0.25) is 0 Å². The molecule has 0 aliphatic heterocycles. The maximum atomic E-state index is 10.7. The number of alkyl halides is 3. The van der Waals surface area contributed by atoms with Crippen LogP contribution in [0, 0.1) is 0 Å². The van der Waals surface area contributed by atoms with E-state index in [-0.39, 0.29) is 34.1 Å². The van der Waals surface area contributed by atoms with E-state index < -0.39 is 27.6 Å². The van der Waals surface area contributed by atoms with Gasteiger partial charge in [-0.1, -0.05) is 0 Å². The summed E-state index contributed by atoms with van der Waals surface area (Å²) in [5.41, 5.74) is -5.65. The Morgan fingerprint density at radius 1 is 0.938 bits per heavy atom. The predicted molar refractivity (Wildman–Crippen MR) is 25.8 cm³/mol. The van der Waals surface area contributed by atoms with Gasteiger partial charge in [-0.25, -0.2) is 8.42 Å². The van der Waals surface area contributed by atoms with Gasteiger partial charge in [0, 0.05) is 0 Å². The van der Waals surface area contributed by atoms with E-state index in [1.54, 1.807) is 0 Å². The summed E-state index contributed by atoms with van der Waals surface area (Å²) in [5.74, 6) is -4.37. The monoisotopic (exact) mass is 363 g/mol. The summed E-state index contributed by atoms with van der Waals surface area (Å²) in [5, 5.41) is 17.9. The average Bonchev–Trinajstić information content (AvgIpc) is 1.83. The minimum absolute atomic E-state index is 0. The number of carbonyl (C=O) groups is 2. The fourth-order valence-corrected chi connectivity index (χ4v) is 0. The molecule has 0 heterocycles. The van der Waals surface area contributed by atoms with Crippen molar-refractivity contribution in [2.24, 2.45) is 0 Å². The molecule has 0 bridgehead atoms. The number of carbonyl (C=O) groups excluding carboxylic acids is 2. The fraction of sp³-hybridized carbons (Fsp3) is 0.333. The first-order chi connectivity index (χ1) is 5.89. The summed E-state index contributed by atoms with van der Waals surface area (Å²) < 4.78 is 58.9. The van der Waals surface area contributed by atoms with Crippen molar-refractivity contribution >= 4 is 22.1 Å². The molecule has 0 unspecified atom stereocenters. The van der Waals surface area contributed by atoms with Crippen LogP contribution in [0.2, 0.25) is 0 Å². The summed E-state index contributed by atoms with van der Waals surface area (Å²) >= 11 is 0. The first-order valence-corrected chi connectivity index (χ1v) is 3.75. The maximum absolute atomic E-state index is 10.7. The number of rotatable bonds is 0. The molecule has 102 valence electrons. The molecule has 7 nitrogen and oxygen atoms in total. The van der Waals surface area contributed by atoms with E-state index in [0.717, 1.165) is 0 Å². The van der Waals surface area contributed by atoms with E-state index >= 15 is 0 Å². The van der Waals surface area contributed by atoms with Crippen LogP contribution in [-0.2, 0) is 53.8 Å². The smallest absolute Gasteiger partial charge is 0.741 e. The van der Waals surface area contributed by atoms with Crippen molar-refractivity contribution in [3.05, 3.63) is 0 Å². The third kappa shape index (κ3) is 13.7. The first kappa shape index (κ1) is 24.8. The molecule has 16 heavy (non-hydrogen) atoms. The number of halogens is 3. The van der Waals surface area contributed by atoms with Crippen LogP contribution in [0.25, 0.3) is 0 Å². The van der Waals surface area contributed by atoms with E-state index in [1.165, 1.54) is 0 Å². The van der Waals surface area contributed by atoms with Gasteiger partial charge < -0.3 is 24.4 Å². The second kappa shape index (κ2) is 8.79. The topological polar surface area (TPSA) is 137 Å². The van der Waals surface area contributed by atoms with Crippen LogP contribution in [0.4, 0.5) is 13.2 Å². The van der Waals surface area contributed by atoms with Gasteiger partial charge in [-0.05, 0) is 0 Å². The van der Waals surface area contributed by atoms with Crippen LogP contribution < -0.4 is 10.2 Å². The number of hydrogen-bond acceptors (Lipinski definition) is 7. The molecule has 0 spiro atoms. The largest absolute Gasteiger partial charge is 2.00 e. The molecule has 0 N–H and O–H groups in total. The predicted octanol–water partition coefficient (Wildman–Crippen LogP) is -3.47. The van der Waals surface area contributed by atoms with E-state index in [0.29, 0.717) is 0 Å². The van der Waals surface area contributed by atoms with Gasteiger partial charge in [0.05, 0.1) is 11.9 Å². The summed E-state index contributed by atoms with van der Waals surface area (Å²) in [6, 6.07) is 0.